The van der Waals surface area contributed by atoms with Gasteiger partial charge in [0.05, 0.1) is 10.7 Å². The summed E-state index contributed by atoms with van der Waals surface area (Å²) in [6.45, 7) is 4.26. The Hall–Kier alpha value is -3.47. The second-order valence-electron chi connectivity index (χ2n) is 6.41. The fourth-order valence-corrected chi connectivity index (χ4v) is 3.64. The van der Waals surface area contributed by atoms with Gasteiger partial charge in [0.2, 0.25) is 5.91 Å². The average Bonchev–Trinajstić information content (AvgIpc) is 3.17. The van der Waals surface area contributed by atoms with Crippen LogP contribution in [0.15, 0.2) is 53.7 Å². The number of nitrogens with one attached hydrogen (secondary N) is 1. The van der Waals surface area contributed by atoms with Crippen LogP contribution in [0.25, 0.3) is 0 Å². The Kier molecular flexibility index (Phi) is 7.19. The zero-order chi connectivity index (χ0) is 22.4. The van der Waals surface area contributed by atoms with E-state index in [1.807, 2.05) is 11.5 Å². The number of anilines is 1. The first-order chi connectivity index (χ1) is 14.9. The maximum atomic E-state index is 13.1. The van der Waals surface area contributed by atoms with Crippen molar-refractivity contribution in [3.05, 3.63) is 70.3 Å². The maximum absolute atomic E-state index is 13.1. The van der Waals surface area contributed by atoms with E-state index in [-0.39, 0.29) is 22.9 Å². The molecular weight excluding hydrogens is 425 g/mol. The van der Waals surface area contributed by atoms with Gasteiger partial charge in [-0.25, -0.2) is 4.39 Å². The van der Waals surface area contributed by atoms with Gasteiger partial charge in [-0.15, -0.1) is 10.2 Å². The number of thioether (sulfide) groups is 1. The number of nitrogens with zero attached hydrogens (tertiary/aromatic N) is 4. The minimum absolute atomic E-state index is 0.00260. The number of aromatic nitrogens is 3. The number of hydrogen-bond donors (Lipinski definition) is 1. The van der Waals surface area contributed by atoms with Crippen LogP contribution < -0.4 is 10.1 Å². The van der Waals surface area contributed by atoms with Crippen LogP contribution >= 0.6 is 11.8 Å². The van der Waals surface area contributed by atoms with Gasteiger partial charge in [0.25, 0.3) is 5.69 Å². The molecule has 9 nitrogen and oxygen atoms in total. The van der Waals surface area contributed by atoms with E-state index < -0.39 is 16.9 Å². The van der Waals surface area contributed by atoms with Crippen LogP contribution in [0.1, 0.15) is 25.8 Å². The zero-order valence-corrected chi connectivity index (χ0v) is 17.6. The summed E-state index contributed by atoms with van der Waals surface area (Å²) in [6.07, 6.45) is -0.451. The number of carbonyl (C=O) groups is 1. The Morgan fingerprint density at radius 2 is 1.97 bits per heavy atom. The number of hydrogen-bond acceptors (Lipinski definition) is 7. The smallest absolute Gasteiger partial charge is 0.292 e. The lowest BCUT2D eigenvalue weighted by Gasteiger charge is -2.15. The second-order valence-corrected chi connectivity index (χ2v) is 7.35. The monoisotopic (exact) mass is 445 g/mol. The number of amides is 1. The van der Waals surface area contributed by atoms with Crippen molar-refractivity contribution in [2.24, 2.45) is 0 Å². The molecule has 0 radical (unpaired) electrons. The Morgan fingerprint density at radius 1 is 1.26 bits per heavy atom. The number of nitro groups is 1. The molecule has 0 bridgehead atoms. The molecule has 1 heterocycles. The van der Waals surface area contributed by atoms with E-state index in [1.54, 1.807) is 13.0 Å². The Balaban J connectivity index is 1.65. The van der Waals surface area contributed by atoms with E-state index in [2.05, 4.69) is 15.5 Å². The lowest BCUT2D eigenvalue weighted by molar-refractivity contribution is -0.383. The number of para-hydroxylation sites is 2. The highest BCUT2D eigenvalue weighted by molar-refractivity contribution is 7.99. The lowest BCUT2D eigenvalue weighted by Crippen LogP contribution is -2.16. The van der Waals surface area contributed by atoms with Gasteiger partial charge >= 0.3 is 0 Å². The zero-order valence-electron chi connectivity index (χ0n) is 16.8. The van der Waals surface area contributed by atoms with Gasteiger partial charge < -0.3 is 14.6 Å². The number of rotatable bonds is 9. The first kappa shape index (κ1) is 22.2. The van der Waals surface area contributed by atoms with E-state index in [4.69, 9.17) is 4.74 Å². The number of carbonyl (C=O) groups excluding carboxylic acids is 1. The molecule has 1 atom stereocenters. The van der Waals surface area contributed by atoms with Crippen molar-refractivity contribution in [1.29, 1.82) is 0 Å². The molecule has 0 saturated carbocycles. The van der Waals surface area contributed by atoms with Crippen LogP contribution in [0, 0.1) is 15.9 Å². The summed E-state index contributed by atoms with van der Waals surface area (Å²) < 4.78 is 20.7. The highest BCUT2D eigenvalue weighted by atomic mass is 32.2. The van der Waals surface area contributed by atoms with Crippen molar-refractivity contribution >= 4 is 29.0 Å². The molecule has 31 heavy (non-hydrogen) atoms. The minimum Gasteiger partial charge on any atom is -0.483 e. The summed E-state index contributed by atoms with van der Waals surface area (Å²) in [4.78, 5) is 22.8. The second kappa shape index (κ2) is 10.0. The normalized spacial score (nSPS) is 11.7. The van der Waals surface area contributed by atoms with Crippen LogP contribution in [0.2, 0.25) is 0 Å². The van der Waals surface area contributed by atoms with Gasteiger partial charge in [0.15, 0.2) is 17.1 Å². The molecule has 3 rings (SSSR count). The molecule has 0 saturated heterocycles. The Morgan fingerprint density at radius 3 is 2.65 bits per heavy atom. The van der Waals surface area contributed by atoms with Crippen molar-refractivity contribution in [1.82, 2.24) is 14.8 Å². The lowest BCUT2D eigenvalue weighted by atomic mass is 10.2. The molecule has 2 aromatic carbocycles. The molecule has 0 aliphatic carbocycles. The largest absolute Gasteiger partial charge is 0.483 e. The van der Waals surface area contributed by atoms with Crippen molar-refractivity contribution in [2.45, 2.75) is 31.7 Å². The highest BCUT2D eigenvalue weighted by Gasteiger charge is 2.20. The predicted octanol–water partition coefficient (Wildman–Crippen LogP) is 4.22. The van der Waals surface area contributed by atoms with Gasteiger partial charge in [0, 0.05) is 12.6 Å². The SMILES string of the molecule is CCn1c(SCC(=O)Nc2ccccc2[N+](=O)[O-])nnc1C(C)Oc1ccc(F)cc1. The summed E-state index contributed by atoms with van der Waals surface area (Å²) in [7, 11) is 0. The van der Waals surface area contributed by atoms with Crippen molar-refractivity contribution in [2.75, 3.05) is 11.1 Å². The highest BCUT2D eigenvalue weighted by Crippen LogP contribution is 2.26. The first-order valence-corrected chi connectivity index (χ1v) is 10.4. The van der Waals surface area contributed by atoms with Crippen molar-refractivity contribution < 1.29 is 18.8 Å². The molecule has 0 aliphatic rings. The third kappa shape index (κ3) is 5.57. The van der Waals surface area contributed by atoms with E-state index in [9.17, 15) is 19.3 Å². The Bertz CT molecular complexity index is 1070. The van der Waals surface area contributed by atoms with Gasteiger partial charge in [0.1, 0.15) is 17.3 Å². The summed E-state index contributed by atoms with van der Waals surface area (Å²) >= 11 is 1.16. The molecule has 1 aromatic heterocycles. The van der Waals surface area contributed by atoms with E-state index in [1.165, 1.54) is 42.5 Å². The third-order valence-electron chi connectivity index (χ3n) is 4.26. The fourth-order valence-electron chi connectivity index (χ4n) is 2.83. The van der Waals surface area contributed by atoms with Gasteiger partial charge in [-0.1, -0.05) is 23.9 Å². The molecule has 11 heteroatoms. The summed E-state index contributed by atoms with van der Waals surface area (Å²) in [5.41, 5.74) is -0.0382. The van der Waals surface area contributed by atoms with Crippen LogP contribution in [0.5, 0.6) is 5.75 Å². The molecule has 3 aromatic rings. The standard InChI is InChI=1S/C20H20FN5O4S/c1-3-25-19(13(2)30-15-10-8-14(21)9-11-15)23-24-20(25)31-12-18(27)22-16-6-4-5-7-17(16)26(28)29/h4-11,13H,3,12H2,1-2H3,(H,22,27). The number of benzene rings is 2. The van der Waals surface area contributed by atoms with Crippen LogP contribution in [0.3, 0.4) is 0 Å². The van der Waals surface area contributed by atoms with Crippen molar-refractivity contribution in [3.63, 3.8) is 0 Å². The molecule has 0 spiro atoms. The molecule has 1 amide bonds. The molecule has 162 valence electrons. The molecule has 1 unspecified atom stereocenters. The summed E-state index contributed by atoms with van der Waals surface area (Å²) in [6, 6.07) is 11.6. The van der Waals surface area contributed by atoms with Gasteiger partial charge in [-0.3, -0.25) is 14.9 Å². The molecule has 0 fully saturated rings. The van der Waals surface area contributed by atoms with Crippen LogP contribution in [-0.2, 0) is 11.3 Å². The summed E-state index contributed by atoms with van der Waals surface area (Å²) in [5.74, 6) is 0.305. The maximum Gasteiger partial charge on any atom is 0.292 e. The number of ether oxygens (including phenoxy) is 1. The van der Waals surface area contributed by atoms with E-state index in [0.717, 1.165) is 11.8 Å². The topological polar surface area (TPSA) is 112 Å². The quantitative estimate of drug-likeness (QED) is 0.298. The number of halogens is 1. The number of nitro benzene ring substituents is 1. The predicted molar refractivity (Wildman–Crippen MR) is 114 cm³/mol. The first-order valence-electron chi connectivity index (χ1n) is 9.40. The van der Waals surface area contributed by atoms with Crippen molar-refractivity contribution in [3.8, 4) is 5.75 Å². The minimum atomic E-state index is -0.550. The van der Waals surface area contributed by atoms with Crippen LogP contribution in [-0.4, -0.2) is 31.3 Å². The van der Waals surface area contributed by atoms with Crippen LogP contribution in [0.4, 0.5) is 15.8 Å². The molecule has 1 N–H and O–H groups in total. The Labute approximate surface area is 181 Å². The fraction of sp³-hybridized carbons (Fsp3) is 0.250. The summed E-state index contributed by atoms with van der Waals surface area (Å²) in [5, 5.41) is 22.5. The van der Waals surface area contributed by atoms with E-state index in [0.29, 0.717) is 23.3 Å². The molecular formula is C20H20FN5O4S. The third-order valence-corrected chi connectivity index (χ3v) is 5.23. The molecule has 0 aliphatic heterocycles. The van der Waals surface area contributed by atoms with E-state index >= 15 is 0 Å². The van der Waals surface area contributed by atoms with Gasteiger partial charge in [-0.05, 0) is 44.2 Å². The average molecular weight is 445 g/mol. The van der Waals surface area contributed by atoms with Gasteiger partial charge in [-0.2, -0.15) is 0 Å².